The molecule has 0 radical (unpaired) electrons. The van der Waals surface area contributed by atoms with Crippen LogP contribution in [0.25, 0.3) is 0 Å². The number of carbonyl (C=O) groups is 2. The molecule has 0 N–H and O–H groups in total. The topological polar surface area (TPSA) is 34.1 Å². The third kappa shape index (κ3) is 3.25. The largest absolute Gasteiger partial charge is 0.298 e. The van der Waals surface area contributed by atoms with Crippen LogP contribution in [0.4, 0.5) is 0 Å². The van der Waals surface area contributed by atoms with Gasteiger partial charge in [-0.25, -0.2) is 0 Å². The second-order valence-corrected chi connectivity index (χ2v) is 5.59. The van der Waals surface area contributed by atoms with Gasteiger partial charge in [-0.1, -0.05) is 26.2 Å². The maximum absolute atomic E-state index is 10.8. The van der Waals surface area contributed by atoms with Crippen molar-refractivity contribution in [1.82, 2.24) is 0 Å². The van der Waals surface area contributed by atoms with Gasteiger partial charge in [0.1, 0.15) is 0 Å². The summed E-state index contributed by atoms with van der Waals surface area (Å²) in [4.78, 5) is 23.2. The van der Waals surface area contributed by atoms with Gasteiger partial charge < -0.3 is 0 Å². The van der Waals surface area contributed by atoms with Crippen LogP contribution in [0, 0.1) is 0 Å². The number of thiophene rings is 1. The first kappa shape index (κ1) is 13.6. The van der Waals surface area contributed by atoms with E-state index < -0.39 is 0 Å². The second kappa shape index (κ2) is 6.97. The molecule has 1 rings (SSSR count). The third-order valence-corrected chi connectivity index (χ3v) is 4.82. The Morgan fingerprint density at radius 3 is 2.44 bits per heavy atom. The van der Waals surface area contributed by atoms with Crippen molar-refractivity contribution in [3.05, 3.63) is 19.8 Å². The Morgan fingerprint density at radius 1 is 1.19 bits per heavy atom. The summed E-state index contributed by atoms with van der Waals surface area (Å²) in [7, 11) is 0. The zero-order chi connectivity index (χ0) is 12.0. The fourth-order valence-corrected chi connectivity index (χ4v) is 3.46. The van der Waals surface area contributed by atoms with Gasteiger partial charge in [0.2, 0.25) is 0 Å². The summed E-state index contributed by atoms with van der Waals surface area (Å²) in [5.41, 5.74) is 0.505. The van der Waals surface area contributed by atoms with Crippen molar-refractivity contribution in [2.45, 2.75) is 39.0 Å². The molecule has 4 heteroatoms. The van der Waals surface area contributed by atoms with E-state index in [1.807, 2.05) is 0 Å². The lowest BCUT2D eigenvalue weighted by atomic mass is 10.1. The van der Waals surface area contributed by atoms with Crippen LogP contribution in [-0.2, 0) is 6.42 Å². The highest BCUT2D eigenvalue weighted by atomic mass is 79.9. The molecular formula is C12H15BrO2S. The van der Waals surface area contributed by atoms with E-state index in [9.17, 15) is 9.59 Å². The Kier molecular flexibility index (Phi) is 5.91. The SMILES string of the molecule is CCCCCCc1sc(C=O)c(C=O)c1Br. The van der Waals surface area contributed by atoms with Gasteiger partial charge in [-0.15, -0.1) is 11.3 Å². The fraction of sp³-hybridized carbons (Fsp3) is 0.500. The number of carbonyl (C=O) groups excluding carboxylic acids is 2. The molecule has 88 valence electrons. The Balaban J connectivity index is 2.69. The van der Waals surface area contributed by atoms with E-state index >= 15 is 0 Å². The van der Waals surface area contributed by atoms with Crippen molar-refractivity contribution < 1.29 is 9.59 Å². The van der Waals surface area contributed by atoms with Crippen LogP contribution in [0.5, 0.6) is 0 Å². The molecule has 0 saturated carbocycles. The molecule has 1 aromatic heterocycles. The van der Waals surface area contributed by atoms with E-state index in [-0.39, 0.29) is 0 Å². The Bertz CT molecular complexity index is 371. The number of unbranched alkanes of at least 4 members (excludes halogenated alkanes) is 3. The van der Waals surface area contributed by atoms with Gasteiger partial charge in [0, 0.05) is 9.35 Å². The molecule has 0 saturated heterocycles. The van der Waals surface area contributed by atoms with E-state index in [4.69, 9.17) is 0 Å². The molecule has 2 nitrogen and oxygen atoms in total. The zero-order valence-electron chi connectivity index (χ0n) is 9.29. The minimum Gasteiger partial charge on any atom is -0.298 e. The van der Waals surface area contributed by atoms with Gasteiger partial charge in [0.25, 0.3) is 0 Å². The van der Waals surface area contributed by atoms with Crippen molar-refractivity contribution in [3.63, 3.8) is 0 Å². The predicted molar refractivity (Wildman–Crippen MR) is 70.6 cm³/mol. The van der Waals surface area contributed by atoms with Crippen LogP contribution in [0.15, 0.2) is 4.47 Å². The van der Waals surface area contributed by atoms with Gasteiger partial charge in [0.05, 0.1) is 10.4 Å². The van der Waals surface area contributed by atoms with Crippen LogP contribution in [0.2, 0.25) is 0 Å². The first-order chi connectivity index (χ1) is 7.74. The molecule has 0 aliphatic heterocycles. The fourth-order valence-electron chi connectivity index (χ4n) is 1.56. The average molecular weight is 303 g/mol. The number of hydrogen-bond donors (Lipinski definition) is 0. The standard InChI is InChI=1S/C12H15BrO2S/c1-2-3-4-5-6-10-12(13)9(7-14)11(8-15)16-10/h7-8H,2-6H2,1H3. The van der Waals surface area contributed by atoms with Gasteiger partial charge in [-0.05, 0) is 28.8 Å². The summed E-state index contributed by atoms with van der Waals surface area (Å²) in [6.45, 7) is 2.18. The summed E-state index contributed by atoms with van der Waals surface area (Å²) >= 11 is 4.82. The summed E-state index contributed by atoms with van der Waals surface area (Å²) < 4.78 is 0.811. The molecule has 0 aliphatic carbocycles. The van der Waals surface area contributed by atoms with E-state index in [0.29, 0.717) is 10.4 Å². The number of aldehydes is 2. The Labute approximate surface area is 108 Å². The molecule has 0 aromatic carbocycles. The predicted octanol–water partition coefficient (Wildman–Crippen LogP) is 4.26. The van der Waals surface area contributed by atoms with Crippen LogP contribution in [-0.4, -0.2) is 12.6 Å². The zero-order valence-corrected chi connectivity index (χ0v) is 11.7. The van der Waals surface area contributed by atoms with E-state index in [1.54, 1.807) is 0 Å². The minimum atomic E-state index is 0.505. The Morgan fingerprint density at radius 2 is 1.94 bits per heavy atom. The first-order valence-electron chi connectivity index (χ1n) is 5.46. The highest BCUT2D eigenvalue weighted by Crippen LogP contribution is 2.32. The highest BCUT2D eigenvalue weighted by Gasteiger charge is 2.14. The van der Waals surface area contributed by atoms with Crippen LogP contribution >= 0.6 is 27.3 Å². The van der Waals surface area contributed by atoms with Crippen molar-refractivity contribution in [3.8, 4) is 0 Å². The first-order valence-corrected chi connectivity index (χ1v) is 7.07. The van der Waals surface area contributed by atoms with Gasteiger partial charge >= 0.3 is 0 Å². The molecular weight excluding hydrogens is 288 g/mol. The molecule has 0 amide bonds. The summed E-state index contributed by atoms with van der Waals surface area (Å²) in [6, 6.07) is 0. The van der Waals surface area contributed by atoms with E-state index in [0.717, 1.165) is 34.8 Å². The number of aryl methyl sites for hydroxylation is 1. The van der Waals surface area contributed by atoms with E-state index in [2.05, 4.69) is 22.9 Å². The molecule has 1 aromatic rings. The Hall–Kier alpha value is -0.480. The number of hydrogen-bond acceptors (Lipinski definition) is 3. The van der Waals surface area contributed by atoms with Crippen molar-refractivity contribution >= 4 is 39.8 Å². The molecule has 1 heterocycles. The van der Waals surface area contributed by atoms with Crippen LogP contribution in [0.3, 0.4) is 0 Å². The molecule has 0 aliphatic rings. The van der Waals surface area contributed by atoms with Gasteiger partial charge in [-0.3, -0.25) is 9.59 Å². The summed E-state index contributed by atoms with van der Waals surface area (Å²) in [5.74, 6) is 0. The van der Waals surface area contributed by atoms with Crippen LogP contribution < -0.4 is 0 Å². The lowest BCUT2D eigenvalue weighted by Gasteiger charge is -1.98. The monoisotopic (exact) mass is 302 g/mol. The second-order valence-electron chi connectivity index (χ2n) is 3.66. The minimum absolute atomic E-state index is 0.505. The normalized spacial score (nSPS) is 10.4. The quantitative estimate of drug-likeness (QED) is 0.557. The van der Waals surface area contributed by atoms with Gasteiger partial charge in [0.15, 0.2) is 12.6 Å². The van der Waals surface area contributed by atoms with Crippen molar-refractivity contribution in [2.24, 2.45) is 0 Å². The maximum Gasteiger partial charge on any atom is 0.160 e. The van der Waals surface area contributed by atoms with Crippen molar-refractivity contribution in [2.75, 3.05) is 0 Å². The lowest BCUT2D eigenvalue weighted by Crippen LogP contribution is -1.85. The molecule has 0 spiro atoms. The highest BCUT2D eigenvalue weighted by molar-refractivity contribution is 9.10. The molecule has 0 unspecified atom stereocenters. The number of halogens is 1. The maximum atomic E-state index is 10.8. The number of rotatable bonds is 7. The average Bonchev–Trinajstić information content (AvgIpc) is 2.61. The summed E-state index contributed by atoms with van der Waals surface area (Å²) in [5, 5.41) is 0. The smallest absolute Gasteiger partial charge is 0.160 e. The van der Waals surface area contributed by atoms with Crippen LogP contribution in [0.1, 0.15) is 57.5 Å². The third-order valence-electron chi connectivity index (χ3n) is 2.46. The van der Waals surface area contributed by atoms with E-state index in [1.165, 1.54) is 30.6 Å². The van der Waals surface area contributed by atoms with Gasteiger partial charge in [-0.2, -0.15) is 0 Å². The molecule has 0 atom stereocenters. The summed E-state index contributed by atoms with van der Waals surface area (Å²) in [6.07, 6.45) is 7.22. The molecule has 0 fully saturated rings. The molecule has 0 bridgehead atoms. The van der Waals surface area contributed by atoms with Crippen molar-refractivity contribution in [1.29, 1.82) is 0 Å². The lowest BCUT2D eigenvalue weighted by molar-refractivity contribution is 0.109. The molecule has 16 heavy (non-hydrogen) atoms.